The number of allylic oxidation sites excluding steroid dienone is 1. The van der Waals surface area contributed by atoms with Crippen LogP contribution in [0.15, 0.2) is 28.7 Å². The van der Waals surface area contributed by atoms with Crippen LogP contribution < -0.4 is 10.5 Å². The van der Waals surface area contributed by atoms with E-state index < -0.39 is 0 Å². The van der Waals surface area contributed by atoms with Gasteiger partial charge in [-0.3, -0.25) is 9.20 Å². The first-order valence-electron chi connectivity index (χ1n) is 7.52. The lowest BCUT2D eigenvalue weighted by Crippen LogP contribution is -2.38. The van der Waals surface area contributed by atoms with Crippen molar-refractivity contribution in [3.63, 3.8) is 0 Å². The molecule has 0 saturated carbocycles. The highest BCUT2D eigenvalue weighted by atomic mass is 16.5. The molecule has 1 saturated heterocycles. The van der Waals surface area contributed by atoms with E-state index in [9.17, 15) is 4.79 Å². The molecule has 0 radical (unpaired) electrons. The second kappa shape index (κ2) is 6.53. The zero-order valence-electron chi connectivity index (χ0n) is 13.2. The van der Waals surface area contributed by atoms with Gasteiger partial charge in [-0.1, -0.05) is 6.07 Å². The summed E-state index contributed by atoms with van der Waals surface area (Å²) in [5, 5.41) is 18.1. The van der Waals surface area contributed by atoms with Gasteiger partial charge < -0.3 is 9.64 Å². The normalized spacial score (nSPS) is 14.0. The number of aryl methyl sites for hydroxylation is 1. The lowest BCUT2D eigenvalue weighted by molar-refractivity contribution is 0.122. The van der Waals surface area contributed by atoms with Crippen molar-refractivity contribution in [1.82, 2.24) is 9.38 Å². The Hall–Kier alpha value is -3.16. The van der Waals surface area contributed by atoms with E-state index in [0.717, 1.165) is 5.56 Å². The fourth-order valence-corrected chi connectivity index (χ4v) is 2.68. The van der Waals surface area contributed by atoms with E-state index in [0.29, 0.717) is 37.8 Å². The van der Waals surface area contributed by atoms with Crippen molar-refractivity contribution in [2.24, 2.45) is 0 Å². The lowest BCUT2D eigenvalue weighted by atomic mass is 10.1. The number of morpholine rings is 1. The van der Waals surface area contributed by atoms with Crippen LogP contribution in [0, 0.1) is 29.6 Å². The van der Waals surface area contributed by atoms with E-state index >= 15 is 0 Å². The summed E-state index contributed by atoms with van der Waals surface area (Å²) in [4.78, 5) is 19.5. The van der Waals surface area contributed by atoms with Crippen LogP contribution in [0.1, 0.15) is 11.1 Å². The fourth-order valence-electron chi connectivity index (χ4n) is 2.68. The summed E-state index contributed by atoms with van der Waals surface area (Å²) in [6, 6.07) is 7.25. The molecule has 0 spiro atoms. The van der Waals surface area contributed by atoms with Crippen LogP contribution in [0.4, 0.5) is 5.82 Å². The van der Waals surface area contributed by atoms with Gasteiger partial charge in [0.2, 0.25) is 0 Å². The summed E-state index contributed by atoms with van der Waals surface area (Å²) in [5.74, 6) is 0.487. The molecule has 1 aliphatic rings. The molecular formula is C17H15N5O2. The van der Waals surface area contributed by atoms with Gasteiger partial charge in [-0.05, 0) is 24.6 Å². The Morgan fingerprint density at radius 2 is 2.04 bits per heavy atom. The number of aromatic nitrogens is 2. The molecule has 0 unspecified atom stereocenters. The third-order valence-electron chi connectivity index (χ3n) is 3.90. The van der Waals surface area contributed by atoms with Crippen LogP contribution in [-0.2, 0) is 4.74 Å². The van der Waals surface area contributed by atoms with Gasteiger partial charge >= 0.3 is 0 Å². The SMILES string of the molecule is Cc1cccn2c(=O)c(C=C(C#N)C#N)c(N3CCOCC3)nc12. The monoisotopic (exact) mass is 321 g/mol. The lowest BCUT2D eigenvalue weighted by Gasteiger charge is -2.29. The fraction of sp³-hybridized carbons (Fsp3) is 0.294. The molecule has 0 N–H and O–H groups in total. The van der Waals surface area contributed by atoms with E-state index in [-0.39, 0.29) is 16.7 Å². The van der Waals surface area contributed by atoms with E-state index in [1.54, 1.807) is 24.4 Å². The second-order valence-electron chi connectivity index (χ2n) is 5.42. The Labute approximate surface area is 138 Å². The molecule has 1 aliphatic heterocycles. The predicted octanol–water partition coefficient (Wildman–Crippen LogP) is 1.27. The van der Waals surface area contributed by atoms with Crippen LogP contribution in [0.5, 0.6) is 0 Å². The van der Waals surface area contributed by atoms with E-state index in [4.69, 9.17) is 15.3 Å². The third kappa shape index (κ3) is 2.73. The summed E-state index contributed by atoms with van der Waals surface area (Å²) in [5.41, 5.74) is 1.26. The van der Waals surface area contributed by atoms with Gasteiger partial charge in [0, 0.05) is 19.3 Å². The largest absolute Gasteiger partial charge is 0.378 e. The highest BCUT2D eigenvalue weighted by Crippen LogP contribution is 2.21. The molecule has 120 valence electrons. The van der Waals surface area contributed by atoms with Crippen molar-refractivity contribution in [2.45, 2.75) is 6.92 Å². The Kier molecular flexibility index (Phi) is 4.28. The van der Waals surface area contributed by atoms with Gasteiger partial charge in [0.25, 0.3) is 5.56 Å². The summed E-state index contributed by atoms with van der Waals surface area (Å²) < 4.78 is 6.80. The number of hydrogen-bond donors (Lipinski definition) is 0. The van der Waals surface area contributed by atoms with E-state index in [1.165, 1.54) is 10.5 Å². The summed E-state index contributed by atoms with van der Waals surface area (Å²) in [6.45, 7) is 4.17. The quantitative estimate of drug-likeness (QED) is 0.773. The topological polar surface area (TPSA) is 94.4 Å². The van der Waals surface area contributed by atoms with Crippen LogP contribution >= 0.6 is 0 Å². The van der Waals surface area contributed by atoms with Gasteiger partial charge in [0.15, 0.2) is 0 Å². The van der Waals surface area contributed by atoms with Crippen molar-refractivity contribution in [3.05, 3.63) is 45.4 Å². The smallest absolute Gasteiger partial charge is 0.267 e. The highest BCUT2D eigenvalue weighted by molar-refractivity contribution is 5.72. The second-order valence-corrected chi connectivity index (χ2v) is 5.42. The van der Waals surface area contributed by atoms with Crippen LogP contribution in [0.25, 0.3) is 11.7 Å². The maximum atomic E-state index is 12.9. The highest BCUT2D eigenvalue weighted by Gasteiger charge is 2.20. The third-order valence-corrected chi connectivity index (χ3v) is 3.90. The molecule has 0 aliphatic carbocycles. The average molecular weight is 321 g/mol. The standard InChI is InChI=1S/C17H15N5O2/c1-12-3-2-4-22-15(12)20-16(21-5-7-24-8-6-21)14(17(22)23)9-13(10-18)11-19/h2-4,9H,5-8H2,1H3. The van der Waals surface area contributed by atoms with Gasteiger partial charge in [-0.25, -0.2) is 4.98 Å². The van der Waals surface area contributed by atoms with Crippen molar-refractivity contribution in [1.29, 1.82) is 10.5 Å². The first-order chi connectivity index (χ1) is 11.7. The van der Waals surface area contributed by atoms with Crippen molar-refractivity contribution < 1.29 is 4.74 Å². The Bertz CT molecular complexity index is 940. The van der Waals surface area contributed by atoms with Crippen LogP contribution in [0.3, 0.4) is 0 Å². The zero-order valence-corrected chi connectivity index (χ0v) is 13.2. The Morgan fingerprint density at radius 3 is 2.71 bits per heavy atom. The van der Waals surface area contributed by atoms with Gasteiger partial charge in [-0.15, -0.1) is 0 Å². The number of nitrogens with zero attached hydrogens (tertiary/aromatic N) is 5. The molecule has 0 amide bonds. The van der Waals surface area contributed by atoms with Crippen LogP contribution in [0.2, 0.25) is 0 Å². The van der Waals surface area contributed by atoms with E-state index in [1.807, 2.05) is 17.9 Å². The minimum Gasteiger partial charge on any atom is -0.378 e. The summed E-state index contributed by atoms with van der Waals surface area (Å²) >= 11 is 0. The first kappa shape index (κ1) is 15.7. The molecular weight excluding hydrogens is 306 g/mol. The molecule has 7 nitrogen and oxygen atoms in total. The van der Waals surface area contributed by atoms with E-state index in [2.05, 4.69) is 4.98 Å². The summed E-state index contributed by atoms with van der Waals surface area (Å²) in [6.07, 6.45) is 2.95. The number of ether oxygens (including phenoxy) is 1. The average Bonchev–Trinajstić information content (AvgIpc) is 2.62. The zero-order chi connectivity index (χ0) is 17.1. The molecule has 2 aromatic rings. The number of anilines is 1. The minimum absolute atomic E-state index is 0.129. The van der Waals surface area contributed by atoms with Crippen molar-refractivity contribution >= 4 is 17.5 Å². The molecule has 3 rings (SSSR count). The number of fused-ring (bicyclic) bond motifs is 1. The van der Waals surface area contributed by atoms with Gasteiger partial charge in [0.05, 0.1) is 18.8 Å². The number of pyridine rings is 1. The predicted molar refractivity (Wildman–Crippen MR) is 88.4 cm³/mol. The maximum absolute atomic E-state index is 12.9. The number of rotatable bonds is 2. The molecule has 0 bridgehead atoms. The molecule has 1 fully saturated rings. The number of nitriles is 2. The molecule has 7 heteroatoms. The van der Waals surface area contributed by atoms with Crippen LogP contribution in [-0.4, -0.2) is 35.7 Å². The molecule has 3 heterocycles. The minimum atomic E-state index is -0.298. The summed E-state index contributed by atoms with van der Waals surface area (Å²) in [7, 11) is 0. The Morgan fingerprint density at radius 1 is 1.33 bits per heavy atom. The molecule has 0 atom stereocenters. The number of hydrogen-bond acceptors (Lipinski definition) is 6. The molecule has 0 aromatic carbocycles. The molecule has 24 heavy (non-hydrogen) atoms. The Balaban J connectivity index is 2.32. The van der Waals surface area contributed by atoms with Gasteiger partial charge in [-0.2, -0.15) is 10.5 Å². The molecule has 2 aromatic heterocycles. The van der Waals surface area contributed by atoms with Crippen molar-refractivity contribution in [2.75, 3.05) is 31.2 Å². The maximum Gasteiger partial charge on any atom is 0.267 e. The van der Waals surface area contributed by atoms with Crippen molar-refractivity contribution in [3.8, 4) is 12.1 Å². The van der Waals surface area contributed by atoms with Gasteiger partial charge in [0.1, 0.15) is 29.2 Å². The first-order valence-corrected chi connectivity index (χ1v) is 7.52.